The lowest BCUT2D eigenvalue weighted by atomic mass is 9.97. The highest BCUT2D eigenvalue weighted by atomic mass is 16.3. The van der Waals surface area contributed by atoms with E-state index in [1.54, 1.807) is 0 Å². The van der Waals surface area contributed by atoms with Crippen molar-refractivity contribution in [3.05, 3.63) is 42.0 Å². The number of fused-ring (bicyclic) bond motifs is 1. The van der Waals surface area contributed by atoms with Crippen molar-refractivity contribution >= 4 is 10.8 Å². The Morgan fingerprint density at radius 3 is 2.45 bits per heavy atom. The van der Waals surface area contributed by atoms with Gasteiger partial charge in [0.2, 0.25) is 0 Å². The van der Waals surface area contributed by atoms with Crippen LogP contribution >= 0.6 is 0 Å². The number of phenolic OH excluding ortho intramolecular Hbond substituents is 1. The molecule has 0 aliphatic rings. The third-order valence-electron chi connectivity index (χ3n) is 4.41. The van der Waals surface area contributed by atoms with Crippen LogP contribution in [0.15, 0.2) is 36.4 Å². The average molecular weight is 271 g/mol. The van der Waals surface area contributed by atoms with Gasteiger partial charge in [-0.3, -0.25) is 0 Å². The first-order valence-electron chi connectivity index (χ1n) is 7.51. The van der Waals surface area contributed by atoms with Crippen LogP contribution in [0.3, 0.4) is 0 Å². The van der Waals surface area contributed by atoms with E-state index in [0.717, 1.165) is 22.8 Å². The molecule has 0 aliphatic heterocycles. The van der Waals surface area contributed by atoms with E-state index in [1.807, 2.05) is 30.3 Å². The maximum atomic E-state index is 10.5. The van der Waals surface area contributed by atoms with Crippen molar-refractivity contribution in [2.45, 2.75) is 46.2 Å². The third-order valence-corrected chi connectivity index (χ3v) is 4.41. The van der Waals surface area contributed by atoms with Gasteiger partial charge in [0.05, 0.1) is 0 Å². The largest absolute Gasteiger partial charge is 0.507 e. The van der Waals surface area contributed by atoms with E-state index in [4.69, 9.17) is 0 Å². The SMILES string of the molecule is CCC(C)C(C)NC(C)c1ccc2ccccc2c1O. The highest BCUT2D eigenvalue weighted by Crippen LogP contribution is 2.32. The first kappa shape index (κ1) is 14.9. The Morgan fingerprint density at radius 1 is 1.05 bits per heavy atom. The number of rotatable bonds is 5. The van der Waals surface area contributed by atoms with Gasteiger partial charge >= 0.3 is 0 Å². The molecule has 2 nitrogen and oxygen atoms in total. The number of hydrogen-bond acceptors (Lipinski definition) is 2. The minimum Gasteiger partial charge on any atom is -0.507 e. The van der Waals surface area contributed by atoms with Crippen LogP contribution < -0.4 is 5.32 Å². The zero-order valence-electron chi connectivity index (χ0n) is 12.9. The molecule has 108 valence electrons. The number of phenols is 1. The van der Waals surface area contributed by atoms with Gasteiger partial charge in [-0.1, -0.05) is 56.7 Å². The smallest absolute Gasteiger partial charge is 0.128 e. The second kappa shape index (κ2) is 6.27. The fourth-order valence-corrected chi connectivity index (χ4v) is 2.62. The lowest BCUT2D eigenvalue weighted by molar-refractivity contribution is 0.355. The molecule has 0 bridgehead atoms. The molecule has 20 heavy (non-hydrogen) atoms. The van der Waals surface area contributed by atoms with Gasteiger partial charge in [0.1, 0.15) is 5.75 Å². The molecule has 0 saturated carbocycles. The molecular formula is C18H25NO. The molecule has 0 radical (unpaired) electrons. The van der Waals surface area contributed by atoms with Crippen molar-refractivity contribution < 1.29 is 5.11 Å². The summed E-state index contributed by atoms with van der Waals surface area (Å²) in [7, 11) is 0. The summed E-state index contributed by atoms with van der Waals surface area (Å²) < 4.78 is 0. The standard InChI is InChI=1S/C18H25NO/c1-5-12(2)13(3)19-14(4)16-11-10-15-8-6-7-9-17(15)18(16)20/h6-14,19-20H,5H2,1-4H3. The van der Waals surface area contributed by atoms with E-state index in [1.165, 1.54) is 0 Å². The normalized spacial score (nSPS) is 16.0. The molecule has 0 heterocycles. The van der Waals surface area contributed by atoms with Crippen molar-refractivity contribution in [1.29, 1.82) is 0 Å². The van der Waals surface area contributed by atoms with E-state index in [0.29, 0.717) is 17.7 Å². The molecule has 0 amide bonds. The Kier molecular flexibility index (Phi) is 4.66. The summed E-state index contributed by atoms with van der Waals surface area (Å²) in [5.41, 5.74) is 0.971. The molecule has 3 unspecified atom stereocenters. The first-order valence-corrected chi connectivity index (χ1v) is 7.51. The predicted octanol–water partition coefficient (Wildman–Crippen LogP) is 4.63. The van der Waals surface area contributed by atoms with E-state index in [-0.39, 0.29) is 6.04 Å². The number of hydrogen-bond donors (Lipinski definition) is 2. The molecule has 2 N–H and O–H groups in total. The summed E-state index contributed by atoms with van der Waals surface area (Å²) in [6.07, 6.45) is 1.16. The summed E-state index contributed by atoms with van der Waals surface area (Å²) in [4.78, 5) is 0. The minimum absolute atomic E-state index is 0.142. The Labute approximate surface area is 121 Å². The Balaban J connectivity index is 2.26. The summed E-state index contributed by atoms with van der Waals surface area (Å²) in [6, 6.07) is 12.6. The number of aromatic hydroxyl groups is 1. The van der Waals surface area contributed by atoms with Gasteiger partial charge < -0.3 is 10.4 Å². The van der Waals surface area contributed by atoms with Crippen LogP contribution in [0, 0.1) is 5.92 Å². The average Bonchev–Trinajstić information content (AvgIpc) is 2.46. The molecule has 0 aromatic heterocycles. The minimum atomic E-state index is 0.142. The topological polar surface area (TPSA) is 32.3 Å². The molecule has 0 fully saturated rings. The van der Waals surface area contributed by atoms with Crippen molar-refractivity contribution in [3.8, 4) is 5.75 Å². The Morgan fingerprint density at radius 2 is 1.75 bits per heavy atom. The van der Waals surface area contributed by atoms with E-state index < -0.39 is 0 Å². The molecule has 0 aliphatic carbocycles. The van der Waals surface area contributed by atoms with E-state index in [2.05, 4.69) is 39.1 Å². The summed E-state index contributed by atoms with van der Waals surface area (Å²) in [6.45, 7) is 8.79. The molecule has 0 saturated heterocycles. The van der Waals surface area contributed by atoms with Crippen LogP contribution in [-0.2, 0) is 0 Å². The maximum Gasteiger partial charge on any atom is 0.128 e. The van der Waals surface area contributed by atoms with Gasteiger partial charge in [0.25, 0.3) is 0 Å². The first-order chi connectivity index (χ1) is 9.54. The van der Waals surface area contributed by atoms with Crippen molar-refractivity contribution in [2.75, 3.05) is 0 Å². The van der Waals surface area contributed by atoms with E-state index >= 15 is 0 Å². The lowest BCUT2D eigenvalue weighted by Crippen LogP contribution is -2.33. The molecule has 2 heteroatoms. The summed E-state index contributed by atoms with van der Waals surface area (Å²) in [5.74, 6) is 1.03. The maximum absolute atomic E-state index is 10.5. The van der Waals surface area contributed by atoms with Crippen LogP contribution in [-0.4, -0.2) is 11.1 Å². The molecule has 2 aromatic carbocycles. The van der Waals surface area contributed by atoms with Gasteiger partial charge in [-0.2, -0.15) is 0 Å². The summed E-state index contributed by atoms with van der Waals surface area (Å²) >= 11 is 0. The Bertz CT molecular complexity index is 579. The van der Waals surface area contributed by atoms with E-state index in [9.17, 15) is 5.11 Å². The number of nitrogens with one attached hydrogen (secondary N) is 1. The second-order valence-electron chi connectivity index (χ2n) is 5.79. The molecule has 0 spiro atoms. The van der Waals surface area contributed by atoms with Crippen LogP contribution in [0.4, 0.5) is 0 Å². The van der Waals surface area contributed by atoms with Crippen LogP contribution in [0.5, 0.6) is 5.75 Å². The fourth-order valence-electron chi connectivity index (χ4n) is 2.62. The van der Waals surface area contributed by atoms with Crippen molar-refractivity contribution in [2.24, 2.45) is 5.92 Å². The summed E-state index contributed by atoms with van der Waals surface area (Å²) in [5, 5.41) is 16.1. The fraction of sp³-hybridized carbons (Fsp3) is 0.444. The van der Waals surface area contributed by atoms with Gasteiger partial charge in [0.15, 0.2) is 0 Å². The zero-order valence-corrected chi connectivity index (χ0v) is 12.9. The van der Waals surface area contributed by atoms with Crippen molar-refractivity contribution in [1.82, 2.24) is 5.32 Å². The predicted molar refractivity (Wildman–Crippen MR) is 86.1 cm³/mol. The second-order valence-corrected chi connectivity index (χ2v) is 5.79. The Hall–Kier alpha value is -1.54. The number of benzene rings is 2. The zero-order chi connectivity index (χ0) is 14.7. The van der Waals surface area contributed by atoms with Crippen LogP contribution in [0.2, 0.25) is 0 Å². The van der Waals surface area contributed by atoms with Crippen LogP contribution in [0.25, 0.3) is 10.8 Å². The highest BCUT2D eigenvalue weighted by Gasteiger charge is 2.17. The van der Waals surface area contributed by atoms with Gasteiger partial charge in [0, 0.05) is 23.0 Å². The molecule has 2 aromatic rings. The molecule has 2 rings (SSSR count). The lowest BCUT2D eigenvalue weighted by Gasteiger charge is -2.25. The van der Waals surface area contributed by atoms with Gasteiger partial charge in [-0.15, -0.1) is 0 Å². The monoisotopic (exact) mass is 271 g/mol. The van der Waals surface area contributed by atoms with Gasteiger partial charge in [-0.05, 0) is 25.2 Å². The quantitative estimate of drug-likeness (QED) is 0.831. The van der Waals surface area contributed by atoms with Crippen molar-refractivity contribution in [3.63, 3.8) is 0 Å². The molecular weight excluding hydrogens is 246 g/mol. The third kappa shape index (κ3) is 2.96. The molecule has 3 atom stereocenters. The van der Waals surface area contributed by atoms with Gasteiger partial charge in [-0.25, -0.2) is 0 Å². The van der Waals surface area contributed by atoms with Crippen LogP contribution in [0.1, 0.15) is 45.7 Å². The highest BCUT2D eigenvalue weighted by molar-refractivity contribution is 5.89.